The monoisotopic (exact) mass is 409 g/mol. The summed E-state index contributed by atoms with van der Waals surface area (Å²) in [5.41, 5.74) is 7.24. The van der Waals surface area contributed by atoms with Gasteiger partial charge in [-0.1, -0.05) is 19.3 Å². The third-order valence-corrected chi connectivity index (χ3v) is 5.26. The summed E-state index contributed by atoms with van der Waals surface area (Å²) in [5.74, 6) is 0.583. The fourth-order valence-electron chi connectivity index (χ4n) is 3.69. The molecule has 0 aliphatic heterocycles. The molecule has 3 rings (SSSR count). The van der Waals surface area contributed by atoms with E-state index in [0.29, 0.717) is 30.5 Å². The molecule has 0 radical (unpaired) electrons. The summed E-state index contributed by atoms with van der Waals surface area (Å²) >= 11 is 0. The number of anilines is 1. The standard InChI is InChI=1S/C20H29N5O3.Na/c21-18-11-10-17(14-15(18)9-12-20(26)27)28-13-5-4-8-19-22-23-24-25(19)16-6-2-1-3-7-16;/h10-11,14,16H,1-9,12-13,21H2,(H,26,27);/q;+1/p-1. The summed E-state index contributed by atoms with van der Waals surface area (Å²) in [6.07, 6.45) is 9.11. The Kier molecular flexibility index (Phi) is 9.90. The molecule has 1 aromatic heterocycles. The molecule has 8 nitrogen and oxygen atoms in total. The largest absolute Gasteiger partial charge is 1.00 e. The quantitative estimate of drug-likeness (QED) is 0.299. The summed E-state index contributed by atoms with van der Waals surface area (Å²) in [7, 11) is 0. The number of nitrogen functional groups attached to an aromatic ring is 1. The van der Waals surface area contributed by atoms with Crippen LogP contribution in [0.5, 0.6) is 5.75 Å². The van der Waals surface area contributed by atoms with E-state index in [-0.39, 0.29) is 36.0 Å². The number of aromatic nitrogens is 4. The maximum absolute atomic E-state index is 10.6. The van der Waals surface area contributed by atoms with Gasteiger partial charge in [0.2, 0.25) is 0 Å². The number of carbonyl (C=O) groups excluding carboxylic acids is 1. The number of benzene rings is 1. The molecule has 1 aromatic carbocycles. The van der Waals surface area contributed by atoms with Crippen LogP contribution in [0.15, 0.2) is 18.2 Å². The maximum atomic E-state index is 10.6. The van der Waals surface area contributed by atoms with E-state index in [1.807, 2.05) is 16.8 Å². The van der Waals surface area contributed by atoms with Gasteiger partial charge in [0.15, 0.2) is 5.82 Å². The first-order chi connectivity index (χ1) is 13.6. The van der Waals surface area contributed by atoms with Crippen molar-refractivity contribution in [3.63, 3.8) is 0 Å². The van der Waals surface area contributed by atoms with Crippen LogP contribution in [0.25, 0.3) is 0 Å². The minimum atomic E-state index is -1.08. The van der Waals surface area contributed by atoms with Crippen LogP contribution < -0.4 is 45.1 Å². The van der Waals surface area contributed by atoms with E-state index in [9.17, 15) is 9.90 Å². The van der Waals surface area contributed by atoms with Crippen LogP contribution in [0, 0.1) is 0 Å². The van der Waals surface area contributed by atoms with E-state index in [1.165, 1.54) is 32.1 Å². The first-order valence-electron chi connectivity index (χ1n) is 10.1. The predicted molar refractivity (Wildman–Crippen MR) is 103 cm³/mol. The van der Waals surface area contributed by atoms with E-state index < -0.39 is 5.97 Å². The number of carbonyl (C=O) groups is 1. The normalized spacial score (nSPS) is 14.3. The zero-order valence-corrected chi connectivity index (χ0v) is 19.2. The zero-order valence-electron chi connectivity index (χ0n) is 17.2. The summed E-state index contributed by atoms with van der Waals surface area (Å²) < 4.78 is 7.81. The number of aryl methyl sites for hydroxylation is 2. The summed E-state index contributed by atoms with van der Waals surface area (Å²) in [4.78, 5) is 10.6. The number of ether oxygens (including phenoxy) is 1. The van der Waals surface area contributed by atoms with Gasteiger partial charge in [-0.25, -0.2) is 4.68 Å². The molecule has 0 atom stereocenters. The first kappa shape index (κ1) is 23.6. The van der Waals surface area contributed by atoms with E-state index in [2.05, 4.69) is 15.5 Å². The third kappa shape index (κ3) is 7.28. The molecule has 0 saturated heterocycles. The van der Waals surface area contributed by atoms with Gasteiger partial charge in [-0.3, -0.25) is 0 Å². The Morgan fingerprint density at radius 1 is 1.21 bits per heavy atom. The molecule has 9 heteroatoms. The molecule has 29 heavy (non-hydrogen) atoms. The van der Waals surface area contributed by atoms with Crippen LogP contribution in [0.3, 0.4) is 0 Å². The van der Waals surface area contributed by atoms with Gasteiger partial charge in [-0.15, -0.1) is 5.10 Å². The Hall–Kier alpha value is -1.64. The fourth-order valence-corrected chi connectivity index (χ4v) is 3.69. The molecule has 1 heterocycles. The smallest absolute Gasteiger partial charge is 0.550 e. The van der Waals surface area contributed by atoms with E-state index in [0.717, 1.165) is 30.7 Å². The molecule has 1 saturated carbocycles. The molecule has 1 aliphatic carbocycles. The Labute approximate surface area is 193 Å². The second-order valence-corrected chi connectivity index (χ2v) is 7.37. The van der Waals surface area contributed by atoms with Crippen molar-refractivity contribution in [1.82, 2.24) is 20.2 Å². The van der Waals surface area contributed by atoms with Gasteiger partial charge in [0.25, 0.3) is 0 Å². The number of aliphatic carboxylic acids is 1. The van der Waals surface area contributed by atoms with Crippen molar-refractivity contribution < 1.29 is 44.2 Å². The molecule has 0 bridgehead atoms. The van der Waals surface area contributed by atoms with Crippen LogP contribution >= 0.6 is 0 Å². The summed E-state index contributed by atoms with van der Waals surface area (Å²) in [5, 5.41) is 22.9. The molecule has 1 fully saturated rings. The minimum Gasteiger partial charge on any atom is -0.550 e. The second-order valence-electron chi connectivity index (χ2n) is 7.37. The Balaban J connectivity index is 0.00000300. The number of nitrogens with two attached hydrogens (primary N) is 1. The third-order valence-electron chi connectivity index (χ3n) is 5.26. The molecule has 0 spiro atoms. The number of carboxylic acid groups (broad SMARTS) is 1. The average molecular weight is 409 g/mol. The molecular formula is C20H28N5NaO3. The van der Waals surface area contributed by atoms with Crippen molar-refractivity contribution in [3.05, 3.63) is 29.6 Å². The average Bonchev–Trinajstić information content (AvgIpc) is 3.17. The molecule has 0 unspecified atom stereocenters. The number of nitrogens with zero attached hydrogens (tertiary/aromatic N) is 4. The van der Waals surface area contributed by atoms with Gasteiger partial charge in [0.1, 0.15) is 5.75 Å². The van der Waals surface area contributed by atoms with E-state index in [1.54, 1.807) is 6.07 Å². The van der Waals surface area contributed by atoms with Crippen LogP contribution in [0.1, 0.15) is 68.8 Å². The van der Waals surface area contributed by atoms with Gasteiger partial charge in [-0.2, -0.15) is 0 Å². The van der Waals surface area contributed by atoms with E-state index >= 15 is 0 Å². The van der Waals surface area contributed by atoms with Crippen molar-refractivity contribution in [3.8, 4) is 5.75 Å². The molecule has 2 aromatic rings. The SMILES string of the molecule is Nc1ccc(OCCCCc2nnnn2C2CCCCC2)cc1CCC(=O)[O-].[Na+]. The number of unbranched alkanes of at least 4 members (excludes halogenated alkanes) is 1. The summed E-state index contributed by atoms with van der Waals surface area (Å²) in [6, 6.07) is 5.81. The topological polar surface area (TPSA) is 119 Å². The first-order valence-corrected chi connectivity index (χ1v) is 10.1. The Morgan fingerprint density at radius 2 is 2.00 bits per heavy atom. The van der Waals surface area contributed by atoms with Crippen LogP contribution in [-0.2, 0) is 17.6 Å². The summed E-state index contributed by atoms with van der Waals surface area (Å²) in [6.45, 7) is 0.578. The van der Waals surface area contributed by atoms with Crippen molar-refractivity contribution in [2.75, 3.05) is 12.3 Å². The van der Waals surface area contributed by atoms with Crippen molar-refractivity contribution >= 4 is 11.7 Å². The minimum absolute atomic E-state index is 0. The van der Waals surface area contributed by atoms with Crippen molar-refractivity contribution in [2.24, 2.45) is 0 Å². The Morgan fingerprint density at radius 3 is 2.76 bits per heavy atom. The van der Waals surface area contributed by atoms with Gasteiger partial charge < -0.3 is 20.4 Å². The van der Waals surface area contributed by atoms with Gasteiger partial charge in [-0.05, 0) is 72.7 Å². The van der Waals surface area contributed by atoms with Gasteiger partial charge in [0.05, 0.1) is 12.6 Å². The number of hydrogen-bond acceptors (Lipinski definition) is 7. The predicted octanol–water partition coefficient (Wildman–Crippen LogP) is -1.15. The molecule has 152 valence electrons. The number of rotatable bonds is 10. The van der Waals surface area contributed by atoms with E-state index in [4.69, 9.17) is 10.5 Å². The van der Waals surface area contributed by atoms with Crippen molar-refractivity contribution in [2.45, 2.75) is 70.3 Å². The maximum Gasteiger partial charge on any atom is 1.00 e. The van der Waals surface area contributed by atoms with Crippen LogP contribution in [0.2, 0.25) is 0 Å². The number of carboxylic acids is 1. The number of tetrazole rings is 1. The van der Waals surface area contributed by atoms with Crippen LogP contribution in [0.4, 0.5) is 5.69 Å². The molecule has 2 N–H and O–H groups in total. The van der Waals surface area contributed by atoms with Crippen molar-refractivity contribution in [1.29, 1.82) is 0 Å². The molecule has 1 aliphatic rings. The fraction of sp³-hybridized carbons (Fsp3) is 0.600. The second kappa shape index (κ2) is 12.1. The van der Waals surface area contributed by atoms with Crippen LogP contribution in [-0.4, -0.2) is 32.8 Å². The van der Waals surface area contributed by atoms with Gasteiger partial charge >= 0.3 is 29.6 Å². The molecular weight excluding hydrogens is 381 g/mol. The zero-order chi connectivity index (χ0) is 19.8. The van der Waals surface area contributed by atoms with Gasteiger partial charge in [0, 0.05) is 18.1 Å². The molecule has 0 amide bonds. The number of hydrogen-bond donors (Lipinski definition) is 1. The Bertz CT molecular complexity index is 777.